The van der Waals surface area contributed by atoms with Crippen molar-refractivity contribution in [1.82, 2.24) is 9.78 Å². The van der Waals surface area contributed by atoms with E-state index in [0.717, 1.165) is 5.82 Å². The molecule has 1 rings (SSSR count). The van der Waals surface area contributed by atoms with Crippen LogP contribution >= 0.6 is 0 Å². The van der Waals surface area contributed by atoms with Crippen molar-refractivity contribution in [1.29, 1.82) is 0 Å². The van der Waals surface area contributed by atoms with Gasteiger partial charge in [-0.05, 0) is 20.3 Å². The van der Waals surface area contributed by atoms with Crippen molar-refractivity contribution in [2.75, 3.05) is 5.32 Å². The first-order valence-corrected chi connectivity index (χ1v) is 6.40. The molecule has 16 heavy (non-hydrogen) atoms. The van der Waals surface area contributed by atoms with Crippen LogP contribution in [-0.2, 0) is 7.05 Å². The van der Waals surface area contributed by atoms with E-state index in [2.05, 4.69) is 37.3 Å². The van der Waals surface area contributed by atoms with Crippen LogP contribution in [0.5, 0.6) is 0 Å². The number of unbranched alkanes of at least 4 members (excludes halogenated alkanes) is 3. The first kappa shape index (κ1) is 13.1. The van der Waals surface area contributed by atoms with Gasteiger partial charge in [-0.2, -0.15) is 5.10 Å². The predicted molar refractivity (Wildman–Crippen MR) is 69.8 cm³/mol. The maximum absolute atomic E-state index is 4.40. The molecule has 0 aliphatic heterocycles. The van der Waals surface area contributed by atoms with Crippen molar-refractivity contribution in [3.05, 3.63) is 11.8 Å². The van der Waals surface area contributed by atoms with Crippen LogP contribution in [0.2, 0.25) is 0 Å². The van der Waals surface area contributed by atoms with Gasteiger partial charge in [-0.1, -0.05) is 32.6 Å². The predicted octanol–water partition coefficient (Wildman–Crippen LogP) is 3.50. The zero-order valence-electron chi connectivity index (χ0n) is 11.1. The third-order valence-corrected chi connectivity index (χ3v) is 3.00. The van der Waals surface area contributed by atoms with E-state index >= 15 is 0 Å². The van der Waals surface area contributed by atoms with Crippen molar-refractivity contribution in [3.63, 3.8) is 0 Å². The molecule has 0 aromatic carbocycles. The van der Waals surface area contributed by atoms with Crippen LogP contribution in [-0.4, -0.2) is 15.8 Å². The molecule has 0 radical (unpaired) electrons. The Morgan fingerprint density at radius 1 is 1.38 bits per heavy atom. The minimum Gasteiger partial charge on any atom is -0.366 e. The summed E-state index contributed by atoms with van der Waals surface area (Å²) in [5, 5.41) is 7.85. The molecular weight excluding hydrogens is 198 g/mol. The Kier molecular flexibility index (Phi) is 5.36. The van der Waals surface area contributed by atoms with E-state index in [-0.39, 0.29) is 0 Å². The number of hydrogen-bond acceptors (Lipinski definition) is 2. The molecule has 0 fully saturated rings. The van der Waals surface area contributed by atoms with E-state index in [0.29, 0.717) is 6.04 Å². The Bertz CT molecular complexity index is 285. The minimum atomic E-state index is 0.520. The summed E-state index contributed by atoms with van der Waals surface area (Å²) in [4.78, 5) is 0. The highest BCUT2D eigenvalue weighted by molar-refractivity contribution is 5.36. The van der Waals surface area contributed by atoms with Gasteiger partial charge in [0.15, 0.2) is 0 Å². The number of rotatable bonds is 7. The number of hydrogen-bond donors (Lipinski definition) is 1. The van der Waals surface area contributed by atoms with Gasteiger partial charge in [0, 0.05) is 24.8 Å². The van der Waals surface area contributed by atoms with E-state index in [1.807, 2.05) is 11.7 Å². The van der Waals surface area contributed by atoms with E-state index < -0.39 is 0 Å². The van der Waals surface area contributed by atoms with E-state index in [4.69, 9.17) is 0 Å². The quantitative estimate of drug-likeness (QED) is 0.717. The highest BCUT2D eigenvalue weighted by Gasteiger charge is 2.05. The lowest BCUT2D eigenvalue weighted by atomic mass is 10.1. The Morgan fingerprint density at radius 2 is 2.12 bits per heavy atom. The molecule has 1 heterocycles. The van der Waals surface area contributed by atoms with Gasteiger partial charge in [-0.25, -0.2) is 0 Å². The lowest BCUT2D eigenvalue weighted by Gasteiger charge is -2.12. The zero-order valence-corrected chi connectivity index (χ0v) is 11.1. The molecule has 1 aromatic heterocycles. The standard InChI is InChI=1S/C13H25N3/c1-5-6-7-8-9-11(2)14-13-10-12(3)16(4)15-13/h10-11H,5-9H2,1-4H3,(H,14,15). The third-order valence-electron chi connectivity index (χ3n) is 3.00. The van der Waals surface area contributed by atoms with E-state index in [1.54, 1.807) is 0 Å². The molecule has 0 spiro atoms. The molecule has 0 saturated carbocycles. The molecule has 1 aromatic rings. The lowest BCUT2D eigenvalue weighted by molar-refractivity contribution is 0.592. The average Bonchev–Trinajstić information content (AvgIpc) is 2.53. The summed E-state index contributed by atoms with van der Waals surface area (Å²) >= 11 is 0. The molecule has 3 nitrogen and oxygen atoms in total. The molecule has 0 aliphatic rings. The van der Waals surface area contributed by atoms with Gasteiger partial charge in [0.05, 0.1) is 0 Å². The monoisotopic (exact) mass is 223 g/mol. The summed E-state index contributed by atoms with van der Waals surface area (Å²) in [6.07, 6.45) is 6.56. The van der Waals surface area contributed by atoms with E-state index in [9.17, 15) is 0 Å². The molecule has 0 bridgehead atoms. The second-order valence-electron chi connectivity index (χ2n) is 4.69. The SMILES string of the molecule is CCCCCCC(C)Nc1cc(C)n(C)n1. The summed E-state index contributed by atoms with van der Waals surface area (Å²) < 4.78 is 1.91. The first-order chi connectivity index (χ1) is 7.63. The Labute approximate surface area is 99.2 Å². The first-order valence-electron chi connectivity index (χ1n) is 6.40. The van der Waals surface area contributed by atoms with Gasteiger partial charge < -0.3 is 5.32 Å². The summed E-state index contributed by atoms with van der Waals surface area (Å²) in [6, 6.07) is 2.62. The molecule has 0 aliphatic carbocycles. The van der Waals surface area contributed by atoms with E-state index in [1.165, 1.54) is 37.8 Å². The number of anilines is 1. The highest BCUT2D eigenvalue weighted by atomic mass is 15.3. The van der Waals surface area contributed by atoms with Crippen LogP contribution in [0, 0.1) is 6.92 Å². The molecular formula is C13H25N3. The van der Waals surface area contributed by atoms with Gasteiger partial charge in [-0.15, -0.1) is 0 Å². The number of aryl methyl sites for hydroxylation is 2. The summed E-state index contributed by atoms with van der Waals surface area (Å²) in [6.45, 7) is 6.55. The van der Waals surface area contributed by atoms with Crippen molar-refractivity contribution >= 4 is 5.82 Å². The highest BCUT2D eigenvalue weighted by Crippen LogP contribution is 2.12. The summed E-state index contributed by atoms with van der Waals surface area (Å²) in [7, 11) is 1.98. The Balaban J connectivity index is 2.25. The fourth-order valence-electron chi connectivity index (χ4n) is 1.83. The van der Waals surface area contributed by atoms with Crippen LogP contribution in [0.15, 0.2) is 6.07 Å². The van der Waals surface area contributed by atoms with Crippen LogP contribution < -0.4 is 5.32 Å². The Morgan fingerprint density at radius 3 is 2.69 bits per heavy atom. The number of aromatic nitrogens is 2. The zero-order chi connectivity index (χ0) is 12.0. The van der Waals surface area contributed by atoms with Crippen molar-refractivity contribution in [2.24, 2.45) is 7.05 Å². The molecule has 0 saturated heterocycles. The second-order valence-corrected chi connectivity index (χ2v) is 4.69. The fourth-order valence-corrected chi connectivity index (χ4v) is 1.83. The van der Waals surface area contributed by atoms with Crippen LogP contribution in [0.4, 0.5) is 5.82 Å². The molecule has 92 valence electrons. The van der Waals surface area contributed by atoms with Crippen LogP contribution in [0.1, 0.15) is 51.6 Å². The van der Waals surface area contributed by atoms with Crippen molar-refractivity contribution in [3.8, 4) is 0 Å². The Hall–Kier alpha value is -0.990. The van der Waals surface area contributed by atoms with Gasteiger partial charge in [0.1, 0.15) is 5.82 Å². The smallest absolute Gasteiger partial charge is 0.148 e. The summed E-state index contributed by atoms with van der Waals surface area (Å²) in [5.41, 5.74) is 1.20. The minimum absolute atomic E-state index is 0.520. The topological polar surface area (TPSA) is 29.9 Å². The largest absolute Gasteiger partial charge is 0.366 e. The molecule has 1 N–H and O–H groups in total. The molecule has 1 atom stereocenters. The maximum Gasteiger partial charge on any atom is 0.148 e. The number of nitrogens with one attached hydrogen (secondary N) is 1. The van der Waals surface area contributed by atoms with Gasteiger partial charge in [0.2, 0.25) is 0 Å². The van der Waals surface area contributed by atoms with Gasteiger partial charge >= 0.3 is 0 Å². The van der Waals surface area contributed by atoms with Crippen molar-refractivity contribution in [2.45, 2.75) is 58.9 Å². The lowest BCUT2D eigenvalue weighted by Crippen LogP contribution is -2.15. The van der Waals surface area contributed by atoms with Crippen LogP contribution in [0.3, 0.4) is 0 Å². The number of nitrogens with zero attached hydrogens (tertiary/aromatic N) is 2. The molecule has 0 amide bonds. The summed E-state index contributed by atoms with van der Waals surface area (Å²) in [5.74, 6) is 1.00. The normalized spacial score (nSPS) is 12.8. The average molecular weight is 223 g/mol. The molecule has 1 unspecified atom stereocenters. The van der Waals surface area contributed by atoms with Crippen molar-refractivity contribution < 1.29 is 0 Å². The maximum atomic E-state index is 4.40. The second kappa shape index (κ2) is 6.56. The third kappa shape index (κ3) is 4.25. The van der Waals surface area contributed by atoms with Gasteiger partial charge in [0.25, 0.3) is 0 Å². The van der Waals surface area contributed by atoms with Gasteiger partial charge in [-0.3, -0.25) is 4.68 Å². The van der Waals surface area contributed by atoms with Crippen LogP contribution in [0.25, 0.3) is 0 Å². The molecule has 3 heteroatoms. The fraction of sp³-hybridized carbons (Fsp3) is 0.769.